The van der Waals surface area contributed by atoms with Gasteiger partial charge in [-0.2, -0.15) is 4.99 Å². The van der Waals surface area contributed by atoms with Gasteiger partial charge in [0.15, 0.2) is 4.80 Å². The third-order valence-electron chi connectivity index (χ3n) is 3.87. The molecule has 3 rings (SSSR count). The Morgan fingerprint density at radius 2 is 1.89 bits per heavy atom. The van der Waals surface area contributed by atoms with Crippen LogP contribution in [-0.4, -0.2) is 22.9 Å². The second-order valence-corrected chi connectivity index (χ2v) is 6.84. The number of hydrogen-bond acceptors (Lipinski definition) is 3. The number of benzene rings is 2. The fourth-order valence-corrected chi connectivity index (χ4v) is 3.18. The van der Waals surface area contributed by atoms with Gasteiger partial charge in [0.1, 0.15) is 5.82 Å². The van der Waals surface area contributed by atoms with Crippen molar-refractivity contribution in [1.29, 1.82) is 0 Å². The van der Waals surface area contributed by atoms with Crippen LogP contribution in [0.1, 0.15) is 21.5 Å². The second kappa shape index (κ2) is 8.55. The van der Waals surface area contributed by atoms with E-state index in [1.165, 1.54) is 35.1 Å². The van der Waals surface area contributed by atoms with Crippen molar-refractivity contribution in [1.82, 2.24) is 9.88 Å². The number of hydrogen-bond donors (Lipinski definition) is 1. The lowest BCUT2D eigenvalue weighted by atomic mass is 10.1. The Bertz CT molecular complexity index is 1020. The Morgan fingerprint density at radius 3 is 2.63 bits per heavy atom. The minimum absolute atomic E-state index is 0.101. The maximum Gasteiger partial charge on any atom is 0.267 e. The van der Waals surface area contributed by atoms with Crippen molar-refractivity contribution in [2.45, 2.75) is 13.5 Å². The highest BCUT2D eigenvalue weighted by Crippen LogP contribution is 2.06. The summed E-state index contributed by atoms with van der Waals surface area (Å²) < 4.78 is 15.5. The number of carbonyl (C=O) groups is 2. The van der Waals surface area contributed by atoms with E-state index in [0.717, 1.165) is 5.56 Å². The summed E-state index contributed by atoms with van der Waals surface area (Å²) in [5.74, 6) is -1.77. The Balaban J connectivity index is 1.66. The van der Waals surface area contributed by atoms with E-state index in [1.54, 1.807) is 6.07 Å². The molecule has 0 radical (unpaired) electrons. The van der Waals surface area contributed by atoms with E-state index in [1.807, 2.05) is 47.3 Å². The predicted molar refractivity (Wildman–Crippen MR) is 102 cm³/mol. The molecule has 1 aromatic heterocycles. The molecule has 138 valence electrons. The lowest BCUT2D eigenvalue weighted by molar-refractivity contribution is -0.117. The van der Waals surface area contributed by atoms with Crippen LogP contribution in [0.5, 0.6) is 0 Å². The SMILES string of the molecule is Cc1ccc(Cn2ccsc2=NC(=O)CNC(=O)c2ccccc2F)cc1. The van der Waals surface area contributed by atoms with E-state index >= 15 is 0 Å². The third-order valence-corrected chi connectivity index (χ3v) is 4.67. The smallest absolute Gasteiger partial charge is 0.267 e. The molecule has 0 fully saturated rings. The molecule has 3 aromatic rings. The van der Waals surface area contributed by atoms with Gasteiger partial charge in [0.05, 0.1) is 12.1 Å². The van der Waals surface area contributed by atoms with Crippen LogP contribution in [0.3, 0.4) is 0 Å². The van der Waals surface area contributed by atoms with E-state index in [-0.39, 0.29) is 12.1 Å². The van der Waals surface area contributed by atoms with Crippen LogP contribution in [0.2, 0.25) is 0 Å². The average molecular weight is 383 g/mol. The zero-order valence-corrected chi connectivity index (χ0v) is 15.5. The summed E-state index contributed by atoms with van der Waals surface area (Å²) in [5.41, 5.74) is 2.18. The number of aryl methyl sites for hydroxylation is 1. The Morgan fingerprint density at radius 1 is 1.15 bits per heavy atom. The van der Waals surface area contributed by atoms with Gasteiger partial charge in [-0.15, -0.1) is 11.3 Å². The summed E-state index contributed by atoms with van der Waals surface area (Å²) in [7, 11) is 0. The summed E-state index contributed by atoms with van der Waals surface area (Å²) in [4.78, 5) is 28.7. The summed E-state index contributed by atoms with van der Waals surface area (Å²) >= 11 is 1.34. The summed E-state index contributed by atoms with van der Waals surface area (Å²) in [6.45, 7) is 2.32. The van der Waals surface area contributed by atoms with Crippen LogP contribution >= 0.6 is 11.3 Å². The van der Waals surface area contributed by atoms with Gasteiger partial charge in [-0.3, -0.25) is 9.59 Å². The van der Waals surface area contributed by atoms with Crippen molar-refractivity contribution < 1.29 is 14.0 Å². The first-order valence-corrected chi connectivity index (χ1v) is 9.20. The zero-order chi connectivity index (χ0) is 19.2. The first kappa shape index (κ1) is 18.7. The average Bonchev–Trinajstić information content (AvgIpc) is 3.08. The molecule has 1 N–H and O–H groups in total. The number of thiazole rings is 1. The van der Waals surface area contributed by atoms with Crippen LogP contribution in [-0.2, 0) is 11.3 Å². The van der Waals surface area contributed by atoms with Crippen molar-refractivity contribution >= 4 is 23.2 Å². The highest BCUT2D eigenvalue weighted by atomic mass is 32.1. The first-order chi connectivity index (χ1) is 13.0. The number of nitrogens with zero attached hydrogens (tertiary/aromatic N) is 2. The molecule has 0 bridgehead atoms. The Labute approximate surface area is 159 Å². The second-order valence-electron chi connectivity index (χ2n) is 5.97. The first-order valence-electron chi connectivity index (χ1n) is 8.33. The normalized spacial score (nSPS) is 11.4. The number of rotatable bonds is 5. The molecule has 0 aliphatic carbocycles. The lowest BCUT2D eigenvalue weighted by Crippen LogP contribution is -2.30. The van der Waals surface area contributed by atoms with Gasteiger partial charge in [0.2, 0.25) is 0 Å². The van der Waals surface area contributed by atoms with E-state index < -0.39 is 17.6 Å². The molecule has 2 aromatic carbocycles. The monoisotopic (exact) mass is 383 g/mol. The van der Waals surface area contributed by atoms with Crippen LogP contribution in [0, 0.1) is 12.7 Å². The number of amides is 2. The quantitative estimate of drug-likeness (QED) is 0.736. The van der Waals surface area contributed by atoms with Crippen LogP contribution in [0.25, 0.3) is 0 Å². The molecule has 0 saturated carbocycles. The third kappa shape index (κ3) is 4.98. The Kier molecular flexibility index (Phi) is 5.93. The molecule has 5 nitrogen and oxygen atoms in total. The van der Waals surface area contributed by atoms with Crippen LogP contribution < -0.4 is 10.1 Å². The van der Waals surface area contributed by atoms with E-state index in [0.29, 0.717) is 11.3 Å². The molecule has 0 unspecified atom stereocenters. The molecular formula is C20H18FN3O2S. The van der Waals surface area contributed by atoms with Gasteiger partial charge in [-0.1, -0.05) is 42.0 Å². The largest absolute Gasteiger partial charge is 0.343 e. The minimum Gasteiger partial charge on any atom is -0.343 e. The lowest BCUT2D eigenvalue weighted by Gasteiger charge is -2.05. The summed E-state index contributed by atoms with van der Waals surface area (Å²) in [5, 5.41) is 4.25. The van der Waals surface area contributed by atoms with Gasteiger partial charge >= 0.3 is 0 Å². The van der Waals surface area contributed by atoms with Crippen LogP contribution in [0.4, 0.5) is 4.39 Å². The fraction of sp³-hybridized carbons (Fsp3) is 0.150. The molecule has 0 saturated heterocycles. The zero-order valence-electron chi connectivity index (χ0n) is 14.7. The van der Waals surface area contributed by atoms with Crippen LogP contribution in [0.15, 0.2) is 65.1 Å². The number of nitrogens with one attached hydrogen (secondary N) is 1. The molecule has 0 aliphatic heterocycles. The molecule has 0 atom stereocenters. The molecule has 27 heavy (non-hydrogen) atoms. The van der Waals surface area contributed by atoms with Crippen molar-refractivity contribution in [3.05, 3.63) is 87.4 Å². The van der Waals surface area contributed by atoms with Crippen molar-refractivity contribution in [3.63, 3.8) is 0 Å². The van der Waals surface area contributed by atoms with Crippen molar-refractivity contribution in [2.24, 2.45) is 4.99 Å². The van der Waals surface area contributed by atoms with Gasteiger partial charge in [0, 0.05) is 18.1 Å². The minimum atomic E-state index is -0.643. The topological polar surface area (TPSA) is 63.5 Å². The molecule has 2 amide bonds. The van der Waals surface area contributed by atoms with E-state index in [2.05, 4.69) is 10.3 Å². The molecule has 1 heterocycles. The number of aromatic nitrogens is 1. The summed E-state index contributed by atoms with van der Waals surface area (Å²) in [6.07, 6.45) is 1.86. The standard InChI is InChI=1S/C20H18FN3O2S/c1-14-6-8-15(9-7-14)13-24-10-11-27-20(24)23-18(25)12-22-19(26)16-4-2-3-5-17(16)21/h2-11H,12-13H2,1H3,(H,22,26). The maximum absolute atomic E-state index is 13.6. The Hall–Kier alpha value is -3.06. The number of halogens is 1. The molecule has 0 spiro atoms. The highest BCUT2D eigenvalue weighted by molar-refractivity contribution is 7.07. The molecule has 7 heteroatoms. The predicted octanol–water partition coefficient (Wildman–Crippen LogP) is 2.90. The van der Waals surface area contributed by atoms with Gasteiger partial charge in [-0.05, 0) is 24.6 Å². The number of carbonyl (C=O) groups excluding carboxylic acids is 2. The van der Waals surface area contributed by atoms with Crippen molar-refractivity contribution in [3.8, 4) is 0 Å². The van der Waals surface area contributed by atoms with Gasteiger partial charge < -0.3 is 9.88 Å². The van der Waals surface area contributed by atoms with E-state index in [9.17, 15) is 14.0 Å². The van der Waals surface area contributed by atoms with Crippen molar-refractivity contribution in [2.75, 3.05) is 6.54 Å². The summed E-state index contributed by atoms with van der Waals surface area (Å²) in [6, 6.07) is 13.7. The van der Waals surface area contributed by atoms with E-state index in [4.69, 9.17) is 0 Å². The molecule has 0 aliphatic rings. The van der Waals surface area contributed by atoms with Gasteiger partial charge in [-0.25, -0.2) is 4.39 Å². The highest BCUT2D eigenvalue weighted by Gasteiger charge is 2.11. The fourth-order valence-electron chi connectivity index (χ4n) is 2.44. The van der Waals surface area contributed by atoms with Gasteiger partial charge in [0.25, 0.3) is 11.8 Å². The molecular weight excluding hydrogens is 365 g/mol. The maximum atomic E-state index is 13.6.